The van der Waals surface area contributed by atoms with Crippen molar-refractivity contribution < 1.29 is 8.42 Å². The predicted octanol–water partition coefficient (Wildman–Crippen LogP) is 2.55. The van der Waals surface area contributed by atoms with E-state index in [1.165, 1.54) is 0 Å². The summed E-state index contributed by atoms with van der Waals surface area (Å²) in [6.45, 7) is 1.76. The first-order chi connectivity index (χ1) is 12.0. The molecule has 0 amide bonds. The van der Waals surface area contributed by atoms with E-state index < -0.39 is 10.0 Å². The van der Waals surface area contributed by atoms with Gasteiger partial charge in [0.1, 0.15) is 6.07 Å². The maximum absolute atomic E-state index is 11.6. The second kappa shape index (κ2) is 6.67. The lowest BCUT2D eigenvalue weighted by Crippen LogP contribution is -2.24. The molecule has 2 aromatic heterocycles. The minimum Gasteiger partial charge on any atom is -0.342 e. The normalized spacial score (nSPS) is 11.6. The molecular formula is C18H18N4O2S. The first-order valence-corrected chi connectivity index (χ1v) is 9.51. The van der Waals surface area contributed by atoms with E-state index in [1.54, 1.807) is 19.3 Å². The number of aromatic nitrogens is 2. The number of nitrogens with one attached hydrogen (secondary N) is 1. The Balaban J connectivity index is 2.06. The highest BCUT2D eigenvalue weighted by Gasteiger charge is 2.17. The van der Waals surface area contributed by atoms with Crippen LogP contribution in [-0.4, -0.2) is 23.7 Å². The van der Waals surface area contributed by atoms with Gasteiger partial charge in [0.25, 0.3) is 0 Å². The molecule has 0 aliphatic rings. The average Bonchev–Trinajstić information content (AvgIpc) is 2.93. The minimum atomic E-state index is -3.27. The van der Waals surface area contributed by atoms with Crippen molar-refractivity contribution in [1.29, 1.82) is 5.26 Å². The maximum Gasteiger partial charge on any atom is 0.211 e. The summed E-state index contributed by atoms with van der Waals surface area (Å²) in [5.41, 5.74) is 3.85. The van der Waals surface area contributed by atoms with Crippen LogP contribution in [-0.2, 0) is 23.6 Å². The van der Waals surface area contributed by atoms with Crippen molar-refractivity contribution in [2.45, 2.75) is 13.5 Å². The van der Waals surface area contributed by atoms with Gasteiger partial charge in [-0.15, -0.1) is 0 Å². The van der Waals surface area contributed by atoms with Crippen LogP contribution in [0, 0.1) is 11.3 Å². The summed E-state index contributed by atoms with van der Waals surface area (Å²) in [4.78, 5) is 4.22. The van der Waals surface area contributed by atoms with Gasteiger partial charge in [-0.2, -0.15) is 5.26 Å². The van der Waals surface area contributed by atoms with Crippen molar-refractivity contribution in [3.8, 4) is 17.3 Å². The zero-order valence-electron chi connectivity index (χ0n) is 14.0. The SMILES string of the molecule is CCS(=O)(=O)NCc1cncc(-c2c(C#N)c3ccccc3n2C)c1. The molecule has 0 aliphatic carbocycles. The molecular weight excluding hydrogens is 336 g/mol. The molecule has 128 valence electrons. The van der Waals surface area contributed by atoms with Gasteiger partial charge in [0.2, 0.25) is 10.0 Å². The number of hydrogen-bond donors (Lipinski definition) is 1. The number of nitriles is 1. The monoisotopic (exact) mass is 354 g/mol. The number of sulfonamides is 1. The summed E-state index contributed by atoms with van der Waals surface area (Å²) < 4.78 is 27.7. The Morgan fingerprint density at radius 2 is 2.04 bits per heavy atom. The van der Waals surface area contributed by atoms with E-state index in [0.29, 0.717) is 5.56 Å². The van der Waals surface area contributed by atoms with E-state index in [2.05, 4.69) is 15.8 Å². The molecule has 25 heavy (non-hydrogen) atoms. The van der Waals surface area contributed by atoms with Crippen LogP contribution in [0.4, 0.5) is 0 Å². The molecule has 1 aromatic carbocycles. The largest absolute Gasteiger partial charge is 0.342 e. The highest BCUT2D eigenvalue weighted by atomic mass is 32.2. The molecule has 2 heterocycles. The first-order valence-electron chi connectivity index (χ1n) is 7.86. The smallest absolute Gasteiger partial charge is 0.211 e. The van der Waals surface area contributed by atoms with E-state index in [-0.39, 0.29) is 12.3 Å². The van der Waals surface area contributed by atoms with Gasteiger partial charge in [-0.25, -0.2) is 13.1 Å². The molecule has 6 nitrogen and oxygen atoms in total. The predicted molar refractivity (Wildman–Crippen MR) is 97.2 cm³/mol. The number of benzene rings is 1. The maximum atomic E-state index is 11.6. The van der Waals surface area contributed by atoms with Crippen LogP contribution in [0.5, 0.6) is 0 Å². The Hall–Kier alpha value is -2.69. The molecule has 0 unspecified atom stereocenters. The minimum absolute atomic E-state index is 0.0297. The first kappa shape index (κ1) is 17.1. The summed E-state index contributed by atoms with van der Waals surface area (Å²) in [6, 6.07) is 11.9. The van der Waals surface area contributed by atoms with Gasteiger partial charge in [0.05, 0.1) is 17.0 Å². The molecule has 0 aliphatic heterocycles. The molecule has 7 heteroatoms. The molecule has 0 spiro atoms. The van der Waals surface area contributed by atoms with Crippen LogP contribution in [0.25, 0.3) is 22.2 Å². The number of rotatable bonds is 5. The fourth-order valence-corrected chi connectivity index (χ4v) is 3.44. The van der Waals surface area contributed by atoms with Gasteiger partial charge in [-0.05, 0) is 24.6 Å². The van der Waals surface area contributed by atoms with Crippen LogP contribution in [0.1, 0.15) is 18.1 Å². The molecule has 3 rings (SSSR count). The Morgan fingerprint density at radius 3 is 2.76 bits per heavy atom. The van der Waals surface area contributed by atoms with Gasteiger partial charge in [0.15, 0.2) is 0 Å². The van der Waals surface area contributed by atoms with Crippen molar-refractivity contribution in [1.82, 2.24) is 14.3 Å². The van der Waals surface area contributed by atoms with Gasteiger partial charge >= 0.3 is 0 Å². The lowest BCUT2D eigenvalue weighted by molar-refractivity contribution is 0.582. The van der Waals surface area contributed by atoms with Crippen molar-refractivity contribution >= 4 is 20.9 Å². The van der Waals surface area contributed by atoms with E-state index in [4.69, 9.17) is 0 Å². The summed E-state index contributed by atoms with van der Waals surface area (Å²) in [7, 11) is -1.36. The van der Waals surface area contributed by atoms with Crippen LogP contribution in [0.3, 0.4) is 0 Å². The third kappa shape index (κ3) is 3.27. The van der Waals surface area contributed by atoms with E-state index in [0.717, 1.165) is 27.7 Å². The molecule has 0 fully saturated rings. The fraction of sp³-hybridized carbons (Fsp3) is 0.222. The number of fused-ring (bicyclic) bond motifs is 1. The van der Waals surface area contributed by atoms with Crippen molar-refractivity contribution in [3.05, 3.63) is 53.9 Å². The summed E-state index contributed by atoms with van der Waals surface area (Å²) in [6.07, 6.45) is 3.31. The number of para-hydroxylation sites is 1. The van der Waals surface area contributed by atoms with Crippen LogP contribution >= 0.6 is 0 Å². The summed E-state index contributed by atoms with van der Waals surface area (Å²) in [5.74, 6) is 0.0297. The van der Waals surface area contributed by atoms with E-state index >= 15 is 0 Å². The highest BCUT2D eigenvalue weighted by molar-refractivity contribution is 7.89. The Kier molecular flexibility index (Phi) is 4.57. The number of aryl methyl sites for hydroxylation is 1. The quantitative estimate of drug-likeness (QED) is 0.763. The van der Waals surface area contributed by atoms with Crippen molar-refractivity contribution in [3.63, 3.8) is 0 Å². The number of pyridine rings is 1. The molecule has 0 saturated carbocycles. The highest BCUT2D eigenvalue weighted by Crippen LogP contribution is 2.32. The van der Waals surface area contributed by atoms with Gasteiger partial charge in [-0.1, -0.05) is 18.2 Å². The fourth-order valence-electron chi connectivity index (χ4n) is 2.85. The number of hydrogen-bond acceptors (Lipinski definition) is 4. The Labute approximate surface area is 146 Å². The molecule has 1 N–H and O–H groups in total. The second-order valence-corrected chi connectivity index (χ2v) is 7.81. The zero-order chi connectivity index (χ0) is 18.0. The summed E-state index contributed by atoms with van der Waals surface area (Å²) in [5, 5.41) is 10.5. The van der Waals surface area contributed by atoms with E-state index in [1.807, 2.05) is 41.9 Å². The van der Waals surface area contributed by atoms with Gasteiger partial charge in [-0.3, -0.25) is 4.98 Å². The van der Waals surface area contributed by atoms with Crippen molar-refractivity contribution in [2.24, 2.45) is 7.05 Å². The van der Waals surface area contributed by atoms with Crippen LogP contribution < -0.4 is 4.72 Å². The molecule has 0 saturated heterocycles. The van der Waals surface area contributed by atoms with Crippen LogP contribution in [0.15, 0.2) is 42.7 Å². The van der Waals surface area contributed by atoms with Gasteiger partial charge in [0, 0.05) is 42.5 Å². The topological polar surface area (TPSA) is 87.8 Å². The van der Waals surface area contributed by atoms with Crippen molar-refractivity contribution in [2.75, 3.05) is 5.75 Å². The molecule has 0 atom stereocenters. The molecule has 0 radical (unpaired) electrons. The lowest BCUT2D eigenvalue weighted by atomic mass is 10.1. The van der Waals surface area contributed by atoms with E-state index in [9.17, 15) is 13.7 Å². The Bertz CT molecular complexity index is 1080. The van der Waals surface area contributed by atoms with Crippen LogP contribution in [0.2, 0.25) is 0 Å². The molecule has 0 bridgehead atoms. The third-order valence-corrected chi connectivity index (χ3v) is 5.51. The standard InChI is InChI=1S/C18H18N4O2S/c1-3-25(23,24)21-11-13-8-14(12-20-10-13)18-16(9-19)15-6-4-5-7-17(15)22(18)2/h4-8,10,12,21H,3,11H2,1-2H3. The number of nitrogens with zero attached hydrogens (tertiary/aromatic N) is 3. The summed E-state index contributed by atoms with van der Waals surface area (Å²) >= 11 is 0. The Morgan fingerprint density at radius 1 is 1.28 bits per heavy atom. The molecule has 3 aromatic rings. The average molecular weight is 354 g/mol. The third-order valence-electron chi connectivity index (χ3n) is 4.16. The zero-order valence-corrected chi connectivity index (χ0v) is 14.8. The second-order valence-electron chi connectivity index (χ2n) is 5.72. The lowest BCUT2D eigenvalue weighted by Gasteiger charge is -2.08. The van der Waals surface area contributed by atoms with Gasteiger partial charge < -0.3 is 4.57 Å².